The molecule has 2 aromatic carbocycles. The van der Waals surface area contributed by atoms with Crippen molar-refractivity contribution in [3.05, 3.63) is 77.7 Å². The maximum absolute atomic E-state index is 13.6. The van der Waals surface area contributed by atoms with Crippen LogP contribution in [0, 0.1) is 5.82 Å². The Bertz CT molecular complexity index is 933. The second-order valence-electron chi connectivity index (χ2n) is 5.73. The Labute approximate surface area is 156 Å². The second kappa shape index (κ2) is 8.75. The zero-order valence-electron chi connectivity index (χ0n) is 14.8. The zero-order valence-corrected chi connectivity index (χ0v) is 14.8. The van der Waals surface area contributed by atoms with E-state index in [4.69, 9.17) is 4.74 Å². The van der Waals surface area contributed by atoms with Crippen LogP contribution in [0.5, 0.6) is 0 Å². The molecular weight excluding hydrogens is 347 g/mol. The van der Waals surface area contributed by atoms with Crippen LogP contribution in [0.3, 0.4) is 0 Å². The fourth-order valence-corrected chi connectivity index (χ4v) is 2.51. The van der Waals surface area contributed by atoms with Gasteiger partial charge in [0, 0.05) is 18.4 Å². The number of carbonyl (C=O) groups is 1. The summed E-state index contributed by atoms with van der Waals surface area (Å²) < 4.78 is 18.4. The third kappa shape index (κ3) is 5.01. The maximum atomic E-state index is 13.6. The van der Waals surface area contributed by atoms with Crippen molar-refractivity contribution in [3.63, 3.8) is 0 Å². The van der Waals surface area contributed by atoms with E-state index in [1.165, 1.54) is 13.2 Å². The van der Waals surface area contributed by atoms with Gasteiger partial charge in [-0.15, -0.1) is 0 Å². The van der Waals surface area contributed by atoms with E-state index in [1.807, 2.05) is 12.1 Å². The van der Waals surface area contributed by atoms with Gasteiger partial charge in [0.2, 0.25) is 5.95 Å². The van der Waals surface area contributed by atoms with Crippen molar-refractivity contribution in [2.75, 3.05) is 24.3 Å². The smallest absolute Gasteiger partial charge is 0.337 e. The molecule has 7 heteroatoms. The van der Waals surface area contributed by atoms with E-state index in [2.05, 4.69) is 20.6 Å². The molecule has 0 unspecified atom stereocenters. The first kappa shape index (κ1) is 18.3. The Kier molecular flexibility index (Phi) is 5.94. The van der Waals surface area contributed by atoms with Gasteiger partial charge in [-0.2, -0.15) is 4.98 Å². The lowest BCUT2D eigenvalue weighted by atomic mass is 10.1. The molecule has 0 radical (unpaired) electrons. The molecule has 1 aromatic heterocycles. The topological polar surface area (TPSA) is 76.1 Å². The number of halogens is 1. The number of hydrogen-bond acceptors (Lipinski definition) is 6. The van der Waals surface area contributed by atoms with Crippen LogP contribution in [0.1, 0.15) is 15.9 Å². The van der Waals surface area contributed by atoms with Gasteiger partial charge in [-0.25, -0.2) is 14.2 Å². The lowest BCUT2D eigenvalue weighted by Gasteiger charge is -2.09. The summed E-state index contributed by atoms with van der Waals surface area (Å²) in [5.41, 5.74) is 1.78. The van der Waals surface area contributed by atoms with Crippen molar-refractivity contribution in [2.24, 2.45) is 0 Å². The summed E-state index contributed by atoms with van der Waals surface area (Å²) in [7, 11) is 1.34. The molecule has 0 atom stereocenters. The molecule has 2 N–H and O–H groups in total. The van der Waals surface area contributed by atoms with Crippen LogP contribution >= 0.6 is 0 Å². The SMILES string of the molecule is COC(=O)c1cccc(Nc2ccnc(NCCc3ccccc3F)n2)c1. The molecule has 0 saturated carbocycles. The molecule has 0 amide bonds. The van der Waals surface area contributed by atoms with E-state index in [0.717, 1.165) is 0 Å². The number of aromatic nitrogens is 2. The van der Waals surface area contributed by atoms with Crippen LogP contribution in [0.15, 0.2) is 60.8 Å². The van der Waals surface area contributed by atoms with Gasteiger partial charge >= 0.3 is 5.97 Å². The number of anilines is 3. The fourth-order valence-electron chi connectivity index (χ4n) is 2.51. The molecule has 0 bridgehead atoms. The first-order valence-electron chi connectivity index (χ1n) is 8.41. The average molecular weight is 366 g/mol. The van der Waals surface area contributed by atoms with E-state index in [9.17, 15) is 9.18 Å². The first-order valence-corrected chi connectivity index (χ1v) is 8.41. The Hall–Kier alpha value is -3.48. The number of esters is 1. The van der Waals surface area contributed by atoms with Crippen LogP contribution in [0.25, 0.3) is 0 Å². The average Bonchev–Trinajstić information content (AvgIpc) is 2.69. The van der Waals surface area contributed by atoms with Gasteiger partial charge in [0.05, 0.1) is 12.7 Å². The van der Waals surface area contributed by atoms with Crippen LogP contribution < -0.4 is 10.6 Å². The molecule has 3 rings (SSSR count). The minimum atomic E-state index is -0.406. The molecule has 0 aliphatic carbocycles. The van der Waals surface area contributed by atoms with Gasteiger partial charge in [-0.1, -0.05) is 24.3 Å². The third-order valence-corrected chi connectivity index (χ3v) is 3.85. The first-order chi connectivity index (χ1) is 13.2. The standard InChI is InChI=1S/C20H19FN4O2/c1-27-19(26)15-6-4-7-16(13-15)24-18-10-12-23-20(25-18)22-11-9-14-5-2-3-8-17(14)21/h2-8,10,12-13H,9,11H2,1H3,(H2,22,23,24,25). The number of nitrogens with zero attached hydrogens (tertiary/aromatic N) is 2. The number of rotatable bonds is 7. The van der Waals surface area contributed by atoms with Crippen molar-refractivity contribution in [3.8, 4) is 0 Å². The highest BCUT2D eigenvalue weighted by molar-refractivity contribution is 5.90. The van der Waals surface area contributed by atoms with Crippen LogP contribution in [-0.4, -0.2) is 29.6 Å². The van der Waals surface area contributed by atoms with Gasteiger partial charge < -0.3 is 15.4 Å². The predicted molar refractivity (Wildman–Crippen MR) is 102 cm³/mol. The normalized spacial score (nSPS) is 10.3. The van der Waals surface area contributed by atoms with E-state index < -0.39 is 5.97 Å². The van der Waals surface area contributed by atoms with E-state index >= 15 is 0 Å². The Morgan fingerprint density at radius 2 is 2.00 bits per heavy atom. The second-order valence-corrected chi connectivity index (χ2v) is 5.73. The van der Waals surface area contributed by atoms with E-state index in [0.29, 0.717) is 41.5 Å². The number of methoxy groups -OCH3 is 1. The molecule has 1 heterocycles. The summed E-state index contributed by atoms with van der Waals surface area (Å²) in [5.74, 6) is 0.374. The molecular formula is C20H19FN4O2. The monoisotopic (exact) mass is 366 g/mol. The van der Waals surface area contributed by atoms with E-state index in [-0.39, 0.29) is 5.82 Å². The number of hydrogen-bond donors (Lipinski definition) is 2. The van der Waals surface area contributed by atoms with Gasteiger partial charge in [0.25, 0.3) is 0 Å². The summed E-state index contributed by atoms with van der Waals surface area (Å²) in [5, 5.41) is 6.20. The lowest BCUT2D eigenvalue weighted by molar-refractivity contribution is 0.0601. The molecule has 0 fully saturated rings. The number of ether oxygens (including phenoxy) is 1. The van der Waals surface area contributed by atoms with Crippen LogP contribution in [0.4, 0.5) is 21.8 Å². The Morgan fingerprint density at radius 3 is 2.81 bits per heavy atom. The number of nitrogens with one attached hydrogen (secondary N) is 2. The highest BCUT2D eigenvalue weighted by atomic mass is 19.1. The molecule has 6 nitrogen and oxygen atoms in total. The van der Waals surface area contributed by atoms with Crippen LogP contribution in [-0.2, 0) is 11.2 Å². The fraction of sp³-hybridized carbons (Fsp3) is 0.150. The lowest BCUT2D eigenvalue weighted by Crippen LogP contribution is -2.09. The summed E-state index contributed by atoms with van der Waals surface area (Å²) >= 11 is 0. The number of benzene rings is 2. The Morgan fingerprint density at radius 1 is 1.15 bits per heavy atom. The van der Waals surface area contributed by atoms with Crippen molar-refractivity contribution in [1.82, 2.24) is 9.97 Å². The largest absolute Gasteiger partial charge is 0.465 e. The van der Waals surface area contributed by atoms with Gasteiger partial charge in [-0.3, -0.25) is 0 Å². The van der Waals surface area contributed by atoms with Crippen molar-refractivity contribution in [2.45, 2.75) is 6.42 Å². The quantitative estimate of drug-likeness (QED) is 0.620. The maximum Gasteiger partial charge on any atom is 0.337 e. The summed E-state index contributed by atoms with van der Waals surface area (Å²) in [6, 6.07) is 15.3. The van der Waals surface area contributed by atoms with Crippen molar-refractivity contribution < 1.29 is 13.9 Å². The summed E-state index contributed by atoms with van der Waals surface area (Å²) in [4.78, 5) is 20.2. The molecule has 0 aliphatic heterocycles. The van der Waals surface area contributed by atoms with Crippen molar-refractivity contribution in [1.29, 1.82) is 0 Å². The Balaban J connectivity index is 1.62. The van der Waals surface area contributed by atoms with Crippen LogP contribution in [0.2, 0.25) is 0 Å². The minimum absolute atomic E-state index is 0.221. The number of carbonyl (C=O) groups excluding carboxylic acids is 1. The molecule has 0 aliphatic rings. The van der Waals surface area contributed by atoms with E-state index in [1.54, 1.807) is 42.6 Å². The molecule has 27 heavy (non-hydrogen) atoms. The molecule has 0 spiro atoms. The summed E-state index contributed by atoms with van der Waals surface area (Å²) in [6.45, 7) is 0.502. The zero-order chi connectivity index (χ0) is 19.1. The molecule has 138 valence electrons. The van der Waals surface area contributed by atoms with Gasteiger partial charge in [0.1, 0.15) is 11.6 Å². The summed E-state index contributed by atoms with van der Waals surface area (Å²) in [6.07, 6.45) is 2.14. The predicted octanol–water partition coefficient (Wildman–Crippen LogP) is 3.80. The highest BCUT2D eigenvalue weighted by Gasteiger charge is 2.07. The minimum Gasteiger partial charge on any atom is -0.465 e. The molecule has 0 saturated heterocycles. The van der Waals surface area contributed by atoms with Crippen molar-refractivity contribution >= 4 is 23.4 Å². The van der Waals surface area contributed by atoms with Gasteiger partial charge in [-0.05, 0) is 42.3 Å². The molecule has 3 aromatic rings. The van der Waals surface area contributed by atoms with Gasteiger partial charge in [0.15, 0.2) is 0 Å². The highest BCUT2D eigenvalue weighted by Crippen LogP contribution is 2.17. The third-order valence-electron chi connectivity index (χ3n) is 3.85.